The Balaban J connectivity index is 2.75. The zero-order valence-corrected chi connectivity index (χ0v) is 6.54. The molecule has 0 spiro atoms. The maximum atomic E-state index is 2.21. The van der Waals surface area contributed by atoms with Gasteiger partial charge in [0.25, 0.3) is 0 Å². The second-order valence-corrected chi connectivity index (χ2v) is 2.35. The second-order valence-electron chi connectivity index (χ2n) is 2.35. The van der Waals surface area contributed by atoms with Gasteiger partial charge >= 0.3 is 0 Å². The smallest absolute Gasteiger partial charge is 0.217 e. The van der Waals surface area contributed by atoms with Crippen LogP contribution in [0.15, 0.2) is 30.3 Å². The Bertz CT molecular complexity index is 186. The topological polar surface area (TPSA) is 3.24 Å². The first-order chi connectivity index (χ1) is 4.84. The van der Waals surface area contributed by atoms with Crippen LogP contribution in [0, 0.1) is 0 Å². The summed E-state index contributed by atoms with van der Waals surface area (Å²) in [6, 6.07) is 10.4. The maximum absolute atomic E-state index is 2.21. The van der Waals surface area contributed by atoms with Gasteiger partial charge in [0.15, 0.2) is 0 Å². The van der Waals surface area contributed by atoms with Crippen molar-refractivity contribution in [3.8, 4) is 0 Å². The van der Waals surface area contributed by atoms with Gasteiger partial charge in [-0.05, 0) is 19.1 Å². The number of hydrogen-bond donors (Lipinski definition) is 0. The molecule has 0 saturated carbocycles. The number of rotatable bonds is 2. The van der Waals surface area contributed by atoms with Crippen LogP contribution in [0.3, 0.4) is 0 Å². The van der Waals surface area contributed by atoms with E-state index in [2.05, 4.69) is 44.0 Å². The van der Waals surface area contributed by atoms with Gasteiger partial charge in [-0.25, -0.2) is 0 Å². The van der Waals surface area contributed by atoms with Gasteiger partial charge in [0.1, 0.15) is 0 Å². The normalized spacial score (nSPS) is 9.30. The van der Waals surface area contributed by atoms with E-state index in [0.717, 1.165) is 6.54 Å². The summed E-state index contributed by atoms with van der Waals surface area (Å²) in [4.78, 5) is 2.21. The summed E-state index contributed by atoms with van der Waals surface area (Å²) in [6.45, 7) is 3.21. The van der Waals surface area contributed by atoms with Crippen molar-refractivity contribution in [1.82, 2.24) is 0 Å². The van der Waals surface area contributed by atoms with Gasteiger partial charge in [0.2, 0.25) is 7.98 Å². The number of para-hydroxylation sites is 1. The monoisotopic (exact) mass is 133 g/mol. The van der Waals surface area contributed by atoms with Gasteiger partial charge in [-0.2, -0.15) is 0 Å². The summed E-state index contributed by atoms with van der Waals surface area (Å²) < 4.78 is 0. The molecule has 10 heavy (non-hydrogen) atoms. The first-order valence-electron chi connectivity index (χ1n) is 3.60. The molecule has 0 atom stereocenters. The van der Waals surface area contributed by atoms with E-state index in [-0.39, 0.29) is 0 Å². The molecule has 0 amide bonds. The number of nitrogens with zero attached hydrogens (tertiary/aromatic N) is 1. The largest absolute Gasteiger partial charge is 0.422 e. The Morgan fingerprint density at radius 1 is 1.30 bits per heavy atom. The fraction of sp³-hybridized carbons (Fsp3) is 0.250. The van der Waals surface area contributed by atoms with Gasteiger partial charge in [-0.15, -0.1) is 0 Å². The third-order valence-electron chi connectivity index (χ3n) is 1.67. The molecule has 2 heteroatoms. The molecule has 1 aromatic rings. The molecule has 0 radical (unpaired) electrons. The third kappa shape index (κ3) is 1.53. The van der Waals surface area contributed by atoms with Crippen molar-refractivity contribution < 1.29 is 0 Å². The quantitative estimate of drug-likeness (QED) is 0.545. The average molecular weight is 133 g/mol. The van der Waals surface area contributed by atoms with Crippen LogP contribution < -0.4 is 4.81 Å². The van der Waals surface area contributed by atoms with Crippen LogP contribution in [0.1, 0.15) is 6.92 Å². The van der Waals surface area contributed by atoms with Gasteiger partial charge in [-0.1, -0.05) is 18.2 Å². The van der Waals surface area contributed by atoms with Crippen LogP contribution in [0.5, 0.6) is 0 Å². The molecular weight excluding hydrogens is 121 g/mol. The predicted octanol–water partition coefficient (Wildman–Crippen LogP) is 1.06. The number of benzene rings is 1. The lowest BCUT2D eigenvalue weighted by Gasteiger charge is -2.16. The Morgan fingerprint density at radius 3 is 2.40 bits per heavy atom. The lowest BCUT2D eigenvalue weighted by atomic mass is 10.2. The van der Waals surface area contributed by atoms with E-state index in [9.17, 15) is 0 Å². The van der Waals surface area contributed by atoms with E-state index < -0.39 is 0 Å². The molecule has 1 rings (SSSR count). The molecule has 0 bridgehead atoms. The van der Waals surface area contributed by atoms with Crippen molar-refractivity contribution in [2.75, 3.05) is 11.4 Å². The minimum Gasteiger partial charge on any atom is -0.422 e. The highest BCUT2D eigenvalue weighted by atomic mass is 15.0. The highest BCUT2D eigenvalue weighted by Crippen LogP contribution is 2.08. The Morgan fingerprint density at radius 2 is 1.90 bits per heavy atom. The summed E-state index contributed by atoms with van der Waals surface area (Å²) in [7, 11) is 2.09. The molecule has 0 saturated heterocycles. The summed E-state index contributed by atoms with van der Waals surface area (Å²) in [5, 5.41) is 0. The molecule has 0 heterocycles. The molecule has 0 aliphatic rings. The van der Waals surface area contributed by atoms with E-state index in [1.54, 1.807) is 0 Å². The molecule has 0 aliphatic carbocycles. The Labute approximate surface area is 63.1 Å². The lowest BCUT2D eigenvalue weighted by molar-refractivity contribution is 1.10. The van der Waals surface area contributed by atoms with Gasteiger partial charge in [-0.3, -0.25) is 0 Å². The fourth-order valence-electron chi connectivity index (χ4n) is 0.865. The van der Waals surface area contributed by atoms with Crippen LogP contribution in [0.4, 0.5) is 5.69 Å². The first kappa shape index (κ1) is 7.20. The van der Waals surface area contributed by atoms with Crippen LogP contribution in [-0.2, 0) is 0 Å². The Hall–Kier alpha value is -0.915. The molecule has 52 valence electrons. The molecule has 0 fully saturated rings. The van der Waals surface area contributed by atoms with Crippen LogP contribution in [-0.4, -0.2) is 14.5 Å². The highest BCUT2D eigenvalue weighted by molar-refractivity contribution is 6.17. The SMILES string of the molecule is BN(CC)c1ccccc1. The summed E-state index contributed by atoms with van der Waals surface area (Å²) in [5.41, 5.74) is 1.28. The maximum Gasteiger partial charge on any atom is 0.217 e. The number of hydrogen-bond acceptors (Lipinski definition) is 1. The molecule has 0 N–H and O–H groups in total. The van der Waals surface area contributed by atoms with E-state index in [1.807, 2.05) is 6.07 Å². The van der Waals surface area contributed by atoms with Gasteiger partial charge in [0, 0.05) is 12.2 Å². The predicted molar refractivity (Wildman–Crippen MR) is 48.0 cm³/mol. The van der Waals surface area contributed by atoms with E-state index in [0.29, 0.717) is 0 Å². The summed E-state index contributed by atoms with van der Waals surface area (Å²) >= 11 is 0. The van der Waals surface area contributed by atoms with Gasteiger partial charge in [0.05, 0.1) is 0 Å². The molecule has 1 nitrogen and oxygen atoms in total. The van der Waals surface area contributed by atoms with Crippen molar-refractivity contribution in [3.63, 3.8) is 0 Å². The molecule has 1 aromatic carbocycles. The minimum absolute atomic E-state index is 1.06. The van der Waals surface area contributed by atoms with Crippen molar-refractivity contribution in [2.45, 2.75) is 6.92 Å². The van der Waals surface area contributed by atoms with Crippen molar-refractivity contribution in [1.29, 1.82) is 0 Å². The molecule has 0 aliphatic heterocycles. The minimum atomic E-state index is 1.06. The molecule has 0 aromatic heterocycles. The zero-order valence-electron chi connectivity index (χ0n) is 6.54. The zero-order chi connectivity index (χ0) is 7.40. The van der Waals surface area contributed by atoms with E-state index in [4.69, 9.17) is 0 Å². The van der Waals surface area contributed by atoms with Crippen LogP contribution in [0.25, 0.3) is 0 Å². The van der Waals surface area contributed by atoms with E-state index >= 15 is 0 Å². The van der Waals surface area contributed by atoms with Crippen molar-refractivity contribution in [2.24, 2.45) is 0 Å². The molecule has 0 unspecified atom stereocenters. The lowest BCUT2D eigenvalue weighted by Crippen LogP contribution is -2.17. The number of anilines is 1. The van der Waals surface area contributed by atoms with Crippen molar-refractivity contribution in [3.05, 3.63) is 30.3 Å². The van der Waals surface area contributed by atoms with Crippen LogP contribution >= 0.6 is 0 Å². The molecular formula is C8H12BN. The standard InChI is InChI=1S/C8H12BN/c1-2-10(9)8-6-4-3-5-7-8/h3-7H,2,9H2,1H3. The Kier molecular flexibility index (Phi) is 2.38. The fourth-order valence-corrected chi connectivity index (χ4v) is 0.865. The third-order valence-corrected chi connectivity index (χ3v) is 1.67. The van der Waals surface area contributed by atoms with Gasteiger partial charge < -0.3 is 4.81 Å². The van der Waals surface area contributed by atoms with E-state index in [1.165, 1.54) is 5.69 Å². The second kappa shape index (κ2) is 3.30. The highest BCUT2D eigenvalue weighted by Gasteiger charge is 1.92. The summed E-state index contributed by atoms with van der Waals surface area (Å²) in [5.74, 6) is 0. The van der Waals surface area contributed by atoms with Crippen LogP contribution in [0.2, 0.25) is 0 Å². The summed E-state index contributed by atoms with van der Waals surface area (Å²) in [6.07, 6.45) is 0. The van der Waals surface area contributed by atoms with Crippen molar-refractivity contribution >= 4 is 13.7 Å². The average Bonchev–Trinajstić information content (AvgIpc) is 2.05. The first-order valence-corrected chi connectivity index (χ1v) is 3.60.